The molecule has 3 aromatic rings. The molecule has 152 valence electrons. The van der Waals surface area contributed by atoms with Gasteiger partial charge in [0.25, 0.3) is 0 Å². The van der Waals surface area contributed by atoms with Gasteiger partial charge in [0.05, 0.1) is 10.2 Å². The van der Waals surface area contributed by atoms with Gasteiger partial charge in [-0.2, -0.15) is 0 Å². The van der Waals surface area contributed by atoms with E-state index >= 15 is 0 Å². The smallest absolute Gasteiger partial charge is 0.174 e. The van der Waals surface area contributed by atoms with Crippen molar-refractivity contribution in [3.63, 3.8) is 0 Å². The topological polar surface area (TPSA) is 30.5 Å². The Morgan fingerprint density at radius 2 is 1.55 bits per heavy atom. The summed E-state index contributed by atoms with van der Waals surface area (Å²) in [5, 5.41) is 3.49. The van der Waals surface area contributed by atoms with Crippen molar-refractivity contribution in [1.29, 1.82) is 0 Å². The zero-order valence-corrected chi connectivity index (χ0v) is 20.4. The van der Waals surface area contributed by atoms with E-state index in [0.29, 0.717) is 13.2 Å². The monoisotopic (exact) mass is 565 g/mol. The average molecular weight is 566 g/mol. The Balaban J connectivity index is 1.71. The first kappa shape index (κ1) is 22.0. The summed E-state index contributed by atoms with van der Waals surface area (Å²) in [6, 6.07) is 20.9. The van der Waals surface area contributed by atoms with Gasteiger partial charge in [-0.3, -0.25) is 0 Å². The lowest BCUT2D eigenvalue weighted by molar-refractivity contribution is 0.267. The molecule has 0 saturated carbocycles. The van der Waals surface area contributed by atoms with Crippen LogP contribution in [0.4, 0.5) is 5.69 Å². The van der Waals surface area contributed by atoms with Crippen LogP contribution in [0.3, 0.4) is 0 Å². The number of nitrogens with one attached hydrogen (secondary N) is 1. The molecule has 0 aliphatic heterocycles. The predicted octanol–water partition coefficient (Wildman–Crippen LogP) is 7.21. The van der Waals surface area contributed by atoms with Crippen LogP contribution >= 0.6 is 38.5 Å². The third kappa shape index (κ3) is 6.37. The van der Waals surface area contributed by atoms with Crippen molar-refractivity contribution in [2.75, 3.05) is 11.9 Å². The molecule has 0 aliphatic carbocycles. The Labute approximate surface area is 195 Å². The van der Waals surface area contributed by atoms with Gasteiger partial charge in [-0.05, 0) is 89.0 Å². The van der Waals surface area contributed by atoms with E-state index in [1.54, 1.807) is 0 Å². The van der Waals surface area contributed by atoms with E-state index in [9.17, 15) is 0 Å². The highest BCUT2D eigenvalue weighted by molar-refractivity contribution is 14.1. The molecule has 29 heavy (non-hydrogen) atoms. The van der Waals surface area contributed by atoms with Gasteiger partial charge in [0.15, 0.2) is 11.5 Å². The van der Waals surface area contributed by atoms with E-state index in [2.05, 4.69) is 99.3 Å². The highest BCUT2D eigenvalue weighted by Crippen LogP contribution is 2.35. The number of benzene rings is 3. The van der Waals surface area contributed by atoms with Gasteiger partial charge in [-0.15, -0.1) is 0 Å². The van der Waals surface area contributed by atoms with Crippen LogP contribution in [0.25, 0.3) is 0 Å². The van der Waals surface area contributed by atoms with Crippen LogP contribution in [-0.2, 0) is 19.6 Å². The number of rotatable bonds is 9. The number of hydrogen-bond acceptors (Lipinski definition) is 3. The lowest BCUT2D eigenvalue weighted by Gasteiger charge is -2.16. The number of ether oxygens (including phenoxy) is 2. The molecule has 0 bridgehead atoms. The van der Waals surface area contributed by atoms with E-state index < -0.39 is 0 Å². The second-order valence-corrected chi connectivity index (χ2v) is 8.73. The van der Waals surface area contributed by atoms with E-state index in [4.69, 9.17) is 9.47 Å². The molecule has 1 N–H and O–H groups in total. The highest BCUT2D eigenvalue weighted by Gasteiger charge is 2.13. The zero-order valence-electron chi connectivity index (χ0n) is 16.7. The van der Waals surface area contributed by atoms with Crippen LogP contribution in [0.2, 0.25) is 0 Å². The summed E-state index contributed by atoms with van der Waals surface area (Å²) in [5.41, 5.74) is 4.74. The molecule has 0 unspecified atom stereocenters. The molecule has 0 spiro atoms. The second-order valence-electron chi connectivity index (χ2n) is 6.66. The highest BCUT2D eigenvalue weighted by atomic mass is 127. The SMILES string of the molecule is CCOc1cc(CNc2ccc(CC)cc2)cc(I)c1OCc1ccc(Br)cc1. The van der Waals surface area contributed by atoms with Crippen LogP contribution in [0.5, 0.6) is 11.5 Å². The number of aryl methyl sites for hydroxylation is 1. The molecule has 0 fully saturated rings. The van der Waals surface area contributed by atoms with E-state index in [1.807, 2.05) is 19.1 Å². The molecule has 3 rings (SSSR count). The summed E-state index contributed by atoms with van der Waals surface area (Å²) in [6.07, 6.45) is 1.05. The molecule has 0 aliphatic rings. The Kier molecular flexibility index (Phi) is 8.24. The minimum absolute atomic E-state index is 0.505. The van der Waals surface area contributed by atoms with Crippen LogP contribution in [0, 0.1) is 3.57 Å². The molecule has 5 heteroatoms. The summed E-state index contributed by atoms with van der Waals surface area (Å²) in [4.78, 5) is 0. The van der Waals surface area contributed by atoms with E-state index in [-0.39, 0.29) is 0 Å². The van der Waals surface area contributed by atoms with E-state index in [1.165, 1.54) is 5.56 Å². The lowest BCUT2D eigenvalue weighted by Crippen LogP contribution is -2.05. The third-order valence-electron chi connectivity index (χ3n) is 4.52. The second kappa shape index (κ2) is 10.9. The van der Waals surface area contributed by atoms with Crippen molar-refractivity contribution < 1.29 is 9.47 Å². The molecule has 0 amide bonds. The standard InChI is InChI=1S/C24H25BrINO2/c1-3-17-7-11-21(12-8-17)27-15-19-13-22(26)24(23(14-19)28-4-2)29-16-18-5-9-20(25)10-6-18/h5-14,27H,3-4,15-16H2,1-2H3. The summed E-state index contributed by atoms with van der Waals surface area (Å²) in [5.74, 6) is 1.58. The normalized spacial score (nSPS) is 10.6. The molecule has 0 radical (unpaired) electrons. The number of hydrogen-bond donors (Lipinski definition) is 1. The van der Waals surface area contributed by atoms with E-state index in [0.717, 1.165) is 49.3 Å². The quantitative estimate of drug-likeness (QED) is 0.278. The maximum absolute atomic E-state index is 6.12. The van der Waals surface area contributed by atoms with Crippen molar-refractivity contribution in [3.05, 3.63) is 85.4 Å². The van der Waals surface area contributed by atoms with Crippen molar-refractivity contribution in [2.24, 2.45) is 0 Å². The fourth-order valence-corrected chi connectivity index (χ4v) is 4.01. The average Bonchev–Trinajstić information content (AvgIpc) is 2.73. The third-order valence-corrected chi connectivity index (χ3v) is 5.85. The first-order valence-corrected chi connectivity index (χ1v) is 11.6. The van der Waals surface area contributed by atoms with Gasteiger partial charge in [0, 0.05) is 16.7 Å². The van der Waals surface area contributed by atoms with Gasteiger partial charge >= 0.3 is 0 Å². The molecule has 0 atom stereocenters. The zero-order chi connectivity index (χ0) is 20.6. The minimum atomic E-state index is 0.505. The first-order chi connectivity index (χ1) is 14.1. The van der Waals surface area contributed by atoms with Crippen molar-refractivity contribution >= 4 is 44.2 Å². The summed E-state index contributed by atoms with van der Waals surface area (Å²) < 4.78 is 14.1. The predicted molar refractivity (Wildman–Crippen MR) is 132 cm³/mol. The first-order valence-electron chi connectivity index (χ1n) is 9.74. The van der Waals surface area contributed by atoms with Crippen molar-refractivity contribution in [2.45, 2.75) is 33.4 Å². The largest absolute Gasteiger partial charge is 0.490 e. The van der Waals surface area contributed by atoms with Crippen molar-refractivity contribution in [3.8, 4) is 11.5 Å². The van der Waals surface area contributed by atoms with Gasteiger partial charge in [0.2, 0.25) is 0 Å². The van der Waals surface area contributed by atoms with Gasteiger partial charge in [-0.25, -0.2) is 0 Å². The van der Waals surface area contributed by atoms with Gasteiger partial charge in [0.1, 0.15) is 6.61 Å². The summed E-state index contributed by atoms with van der Waals surface area (Å²) >= 11 is 5.79. The Morgan fingerprint density at radius 1 is 0.862 bits per heavy atom. The molecular weight excluding hydrogens is 541 g/mol. The molecule has 3 aromatic carbocycles. The van der Waals surface area contributed by atoms with Crippen LogP contribution < -0.4 is 14.8 Å². The molecule has 0 saturated heterocycles. The maximum atomic E-state index is 6.12. The fraction of sp³-hybridized carbons (Fsp3) is 0.250. The molecule has 3 nitrogen and oxygen atoms in total. The molecule has 0 aromatic heterocycles. The molecular formula is C24H25BrINO2. The Bertz CT molecular complexity index is 927. The minimum Gasteiger partial charge on any atom is -0.490 e. The van der Waals surface area contributed by atoms with Gasteiger partial charge < -0.3 is 14.8 Å². The van der Waals surface area contributed by atoms with Crippen LogP contribution in [-0.4, -0.2) is 6.61 Å². The number of anilines is 1. The summed E-state index contributed by atoms with van der Waals surface area (Å²) in [7, 11) is 0. The maximum Gasteiger partial charge on any atom is 0.174 e. The van der Waals surface area contributed by atoms with Crippen LogP contribution in [0.1, 0.15) is 30.5 Å². The van der Waals surface area contributed by atoms with Gasteiger partial charge in [-0.1, -0.05) is 47.1 Å². The van der Waals surface area contributed by atoms with Crippen LogP contribution in [0.15, 0.2) is 65.1 Å². The molecule has 0 heterocycles. The summed E-state index contributed by atoms with van der Waals surface area (Å²) in [6.45, 7) is 5.99. The number of halogens is 2. The fourth-order valence-electron chi connectivity index (χ4n) is 2.93. The van der Waals surface area contributed by atoms with Crippen molar-refractivity contribution in [1.82, 2.24) is 0 Å². The lowest BCUT2D eigenvalue weighted by atomic mass is 10.1. The Morgan fingerprint density at radius 3 is 2.21 bits per heavy atom. The Hall–Kier alpha value is -1.73.